The number of fused-ring (bicyclic) bond motifs is 5. The van der Waals surface area contributed by atoms with E-state index < -0.39 is 42.9 Å². The number of carbonyl (C=O) groups excluding carboxylic acids is 1. The van der Waals surface area contributed by atoms with E-state index in [9.17, 15) is 30.3 Å². The van der Waals surface area contributed by atoms with E-state index in [-0.39, 0.29) is 34.7 Å². The maximum absolute atomic E-state index is 12.4. The highest BCUT2D eigenvalue weighted by Crippen LogP contribution is 2.70. The second-order valence-electron chi connectivity index (χ2n) is 13.5. The number of aliphatic hydroxyl groups is 5. The molecular formula is C29H44O9. The number of hydrogen-bond donors (Lipinski definition) is 5. The van der Waals surface area contributed by atoms with Crippen molar-refractivity contribution < 1.29 is 44.5 Å². The summed E-state index contributed by atoms with van der Waals surface area (Å²) in [4.78, 5) is 11.8. The van der Waals surface area contributed by atoms with E-state index in [4.69, 9.17) is 14.2 Å². The molecule has 0 aromatic rings. The maximum atomic E-state index is 12.4. The summed E-state index contributed by atoms with van der Waals surface area (Å²) >= 11 is 0. The first-order valence-electron chi connectivity index (χ1n) is 14.6. The van der Waals surface area contributed by atoms with Crippen molar-refractivity contribution in [3.8, 4) is 0 Å². The predicted molar refractivity (Wildman–Crippen MR) is 134 cm³/mol. The predicted octanol–water partition coefficient (Wildman–Crippen LogP) is 1.43. The molecule has 0 amide bonds. The Bertz CT molecular complexity index is 968. The van der Waals surface area contributed by atoms with Gasteiger partial charge in [0.15, 0.2) is 6.29 Å². The van der Waals surface area contributed by atoms with Crippen LogP contribution >= 0.6 is 0 Å². The molecule has 6 rings (SSSR count). The van der Waals surface area contributed by atoms with Crippen LogP contribution in [0.3, 0.4) is 0 Å². The lowest BCUT2D eigenvalue weighted by Crippen LogP contribution is -2.63. The Morgan fingerprint density at radius 3 is 2.47 bits per heavy atom. The monoisotopic (exact) mass is 536 g/mol. The van der Waals surface area contributed by atoms with E-state index in [0.29, 0.717) is 18.4 Å². The highest BCUT2D eigenvalue weighted by atomic mass is 16.7. The van der Waals surface area contributed by atoms with Crippen molar-refractivity contribution in [2.75, 3.05) is 13.2 Å². The van der Waals surface area contributed by atoms with Crippen LogP contribution in [0.1, 0.15) is 71.6 Å². The van der Waals surface area contributed by atoms with Gasteiger partial charge in [0.05, 0.1) is 18.3 Å². The molecule has 6 aliphatic rings. The van der Waals surface area contributed by atoms with Gasteiger partial charge in [-0.3, -0.25) is 0 Å². The van der Waals surface area contributed by atoms with E-state index in [2.05, 4.69) is 13.8 Å². The first-order valence-corrected chi connectivity index (χ1v) is 14.6. The third kappa shape index (κ3) is 3.87. The van der Waals surface area contributed by atoms with Crippen LogP contribution < -0.4 is 0 Å². The maximum Gasteiger partial charge on any atom is 0.331 e. The van der Waals surface area contributed by atoms with Gasteiger partial charge in [0.1, 0.15) is 31.0 Å². The van der Waals surface area contributed by atoms with E-state index in [0.717, 1.165) is 63.4 Å². The lowest BCUT2D eigenvalue weighted by Gasteiger charge is -2.64. The van der Waals surface area contributed by atoms with Crippen LogP contribution in [0.2, 0.25) is 0 Å². The molecule has 5 unspecified atom stereocenters. The van der Waals surface area contributed by atoms with Crippen LogP contribution in [0.4, 0.5) is 0 Å². The zero-order valence-corrected chi connectivity index (χ0v) is 22.5. The lowest BCUT2D eigenvalue weighted by molar-refractivity contribution is -0.317. The Morgan fingerprint density at radius 1 is 0.974 bits per heavy atom. The molecule has 13 atom stereocenters. The topological polar surface area (TPSA) is 146 Å². The van der Waals surface area contributed by atoms with Gasteiger partial charge < -0.3 is 39.7 Å². The quantitative estimate of drug-likeness (QED) is 0.266. The van der Waals surface area contributed by atoms with E-state index in [1.807, 2.05) is 0 Å². The molecule has 214 valence electrons. The molecule has 9 heteroatoms. The molecule has 5 N–H and O–H groups in total. The van der Waals surface area contributed by atoms with Gasteiger partial charge in [0.2, 0.25) is 0 Å². The van der Waals surface area contributed by atoms with Crippen LogP contribution in [-0.4, -0.2) is 87.1 Å². The van der Waals surface area contributed by atoms with Gasteiger partial charge in [0.25, 0.3) is 0 Å². The van der Waals surface area contributed by atoms with Crippen molar-refractivity contribution in [3.63, 3.8) is 0 Å². The minimum atomic E-state index is -1.44. The fourth-order valence-electron chi connectivity index (χ4n) is 9.86. The molecule has 9 nitrogen and oxygen atoms in total. The summed E-state index contributed by atoms with van der Waals surface area (Å²) < 4.78 is 17.0. The number of hydrogen-bond acceptors (Lipinski definition) is 9. The van der Waals surface area contributed by atoms with Gasteiger partial charge in [-0.15, -0.1) is 0 Å². The number of cyclic esters (lactones) is 1. The van der Waals surface area contributed by atoms with Crippen LogP contribution in [-0.2, 0) is 19.0 Å². The summed E-state index contributed by atoms with van der Waals surface area (Å²) in [7, 11) is 0. The summed E-state index contributed by atoms with van der Waals surface area (Å²) in [5.41, 5.74) is 0.141. The van der Waals surface area contributed by atoms with Crippen molar-refractivity contribution in [1.82, 2.24) is 0 Å². The van der Waals surface area contributed by atoms with Crippen molar-refractivity contribution in [2.45, 2.75) is 114 Å². The molecular weight excluding hydrogens is 492 g/mol. The molecule has 5 fully saturated rings. The first kappa shape index (κ1) is 27.1. The third-order valence-corrected chi connectivity index (χ3v) is 12.1. The Kier molecular flexibility index (Phi) is 6.78. The zero-order valence-electron chi connectivity index (χ0n) is 22.5. The average Bonchev–Trinajstić information content (AvgIpc) is 3.44. The summed E-state index contributed by atoms with van der Waals surface area (Å²) in [6, 6.07) is 0. The highest BCUT2D eigenvalue weighted by Gasteiger charge is 2.67. The molecule has 2 heterocycles. The SMILES string of the molecule is C[C@]12CC[C@H](O[C@@H]3OC(CO)[C@@H](O)C(O)C3O)C[C@H]1CCC1C2CC[C@]2(C)[C@@H](C3=CC(=O)OC3)CC[C@]12O. The number of ether oxygens (including phenoxy) is 3. The fourth-order valence-corrected chi connectivity index (χ4v) is 9.86. The average molecular weight is 537 g/mol. The number of carbonyl (C=O) groups is 1. The smallest absolute Gasteiger partial charge is 0.331 e. The zero-order chi connectivity index (χ0) is 27.0. The van der Waals surface area contributed by atoms with Gasteiger partial charge >= 0.3 is 5.97 Å². The standard InChI is InChI=1S/C29H44O9/c1-27-8-5-17(37-26-25(34)24(33)23(32)21(13-30)38-26)12-16(27)3-4-20-19(27)6-9-28(2)18(7-10-29(20,28)35)15-11-22(31)36-14-15/h11,16-21,23-26,30,32-35H,3-10,12-14H2,1-2H3/t16-,17+,18-,19?,20?,21?,23-,24?,25?,26-,27+,28-,29+/m1/s1. The van der Waals surface area contributed by atoms with Crippen molar-refractivity contribution >= 4 is 5.97 Å². The lowest BCUT2D eigenvalue weighted by atomic mass is 9.43. The normalized spacial score (nSPS) is 54.5. The van der Waals surface area contributed by atoms with Crippen molar-refractivity contribution in [3.05, 3.63) is 11.6 Å². The van der Waals surface area contributed by atoms with Crippen LogP contribution in [0.15, 0.2) is 11.6 Å². The Hall–Kier alpha value is -1.07. The molecule has 2 aliphatic heterocycles. The molecule has 1 saturated heterocycles. The minimum Gasteiger partial charge on any atom is -0.458 e. The Morgan fingerprint density at radius 2 is 1.76 bits per heavy atom. The highest BCUT2D eigenvalue weighted by molar-refractivity contribution is 5.85. The van der Waals surface area contributed by atoms with Crippen LogP contribution in [0.25, 0.3) is 0 Å². The molecule has 0 aromatic carbocycles. The molecule has 4 saturated carbocycles. The molecule has 0 aromatic heterocycles. The third-order valence-electron chi connectivity index (χ3n) is 12.1. The molecule has 0 radical (unpaired) electrons. The molecule has 0 spiro atoms. The number of aliphatic hydroxyl groups excluding tert-OH is 4. The van der Waals surface area contributed by atoms with Gasteiger partial charge in [-0.25, -0.2) is 4.79 Å². The molecule has 4 aliphatic carbocycles. The second kappa shape index (κ2) is 9.50. The van der Waals surface area contributed by atoms with E-state index >= 15 is 0 Å². The number of rotatable bonds is 4. The molecule has 38 heavy (non-hydrogen) atoms. The van der Waals surface area contributed by atoms with Crippen molar-refractivity contribution in [1.29, 1.82) is 0 Å². The van der Waals surface area contributed by atoms with Gasteiger partial charge in [-0.1, -0.05) is 13.8 Å². The molecule has 0 bridgehead atoms. The Balaban J connectivity index is 1.15. The summed E-state index contributed by atoms with van der Waals surface area (Å²) in [5.74, 6) is 0.994. The minimum absolute atomic E-state index is 0.0823. The summed E-state index contributed by atoms with van der Waals surface area (Å²) in [6.45, 7) is 4.52. The first-order chi connectivity index (χ1) is 18.0. The van der Waals surface area contributed by atoms with Crippen LogP contribution in [0.5, 0.6) is 0 Å². The van der Waals surface area contributed by atoms with Gasteiger partial charge in [-0.2, -0.15) is 0 Å². The Labute approximate surface area is 224 Å². The van der Waals surface area contributed by atoms with E-state index in [1.54, 1.807) is 6.08 Å². The van der Waals surface area contributed by atoms with Crippen LogP contribution in [0, 0.1) is 34.5 Å². The number of esters is 1. The second-order valence-corrected chi connectivity index (χ2v) is 13.5. The summed E-state index contributed by atoms with van der Waals surface area (Å²) in [5, 5.41) is 52.6. The van der Waals surface area contributed by atoms with Crippen molar-refractivity contribution in [2.24, 2.45) is 34.5 Å². The van der Waals surface area contributed by atoms with E-state index in [1.165, 1.54) is 0 Å². The van der Waals surface area contributed by atoms with Gasteiger partial charge in [-0.05, 0) is 92.4 Å². The fraction of sp³-hybridized carbons (Fsp3) is 0.897. The van der Waals surface area contributed by atoms with Gasteiger partial charge in [0, 0.05) is 11.5 Å². The summed E-state index contributed by atoms with van der Waals surface area (Å²) in [6.07, 6.45) is 3.41. The largest absolute Gasteiger partial charge is 0.458 e.